The van der Waals surface area contributed by atoms with Crippen LogP contribution < -0.4 is 10.5 Å². The first-order valence-corrected chi connectivity index (χ1v) is 6.32. The third kappa shape index (κ3) is 2.14. The molecule has 1 aromatic heterocycles. The summed E-state index contributed by atoms with van der Waals surface area (Å²) < 4.78 is 5.69. The lowest BCUT2D eigenvalue weighted by molar-refractivity contribution is 0.461. The summed E-state index contributed by atoms with van der Waals surface area (Å²) in [7, 11) is 0. The molecule has 92 valence electrons. The number of rotatable bonds is 2. The summed E-state index contributed by atoms with van der Waals surface area (Å²) in [6, 6.07) is 9.20. The summed E-state index contributed by atoms with van der Waals surface area (Å²) in [4.78, 5) is 4.50. The van der Waals surface area contributed by atoms with E-state index in [1.807, 2.05) is 6.07 Å². The van der Waals surface area contributed by atoms with E-state index in [4.69, 9.17) is 22.1 Å². The van der Waals surface area contributed by atoms with Crippen LogP contribution >= 0.6 is 11.6 Å². The Morgan fingerprint density at radius 3 is 2.89 bits per heavy atom. The van der Waals surface area contributed by atoms with Crippen LogP contribution in [0, 0.1) is 0 Å². The quantitative estimate of drug-likeness (QED) is 0.840. The molecule has 18 heavy (non-hydrogen) atoms. The summed E-state index contributed by atoms with van der Waals surface area (Å²) in [6.45, 7) is 0. The lowest BCUT2D eigenvalue weighted by Gasteiger charge is -2.07. The second kappa shape index (κ2) is 4.50. The van der Waals surface area contributed by atoms with Gasteiger partial charge in [0.2, 0.25) is 5.88 Å². The van der Waals surface area contributed by atoms with E-state index in [1.165, 1.54) is 12.0 Å². The molecule has 1 heterocycles. The molecule has 3 nitrogen and oxygen atoms in total. The predicted octanol–water partition coefficient (Wildman–Crippen LogP) is 3.60. The fourth-order valence-electron chi connectivity index (χ4n) is 2.15. The van der Waals surface area contributed by atoms with Crippen molar-refractivity contribution in [2.45, 2.75) is 19.3 Å². The van der Waals surface area contributed by atoms with Gasteiger partial charge in [-0.3, -0.25) is 0 Å². The average molecular weight is 261 g/mol. The Bertz CT molecular complexity index is 598. The van der Waals surface area contributed by atoms with E-state index in [9.17, 15) is 0 Å². The SMILES string of the molecule is Nc1ccc(Oc2ccc3c(n2)CCC3)cc1Cl. The van der Waals surface area contributed by atoms with Crippen LogP contribution in [0.15, 0.2) is 30.3 Å². The van der Waals surface area contributed by atoms with E-state index < -0.39 is 0 Å². The minimum atomic E-state index is 0.494. The van der Waals surface area contributed by atoms with Gasteiger partial charge in [0.15, 0.2) is 0 Å². The number of ether oxygens (including phenoxy) is 1. The van der Waals surface area contributed by atoms with Crippen molar-refractivity contribution in [1.29, 1.82) is 0 Å². The predicted molar refractivity (Wildman–Crippen MR) is 72.2 cm³/mol. The fourth-order valence-corrected chi connectivity index (χ4v) is 2.32. The number of aryl methyl sites for hydroxylation is 2. The van der Waals surface area contributed by atoms with E-state index in [2.05, 4.69) is 11.1 Å². The third-order valence-corrected chi connectivity index (χ3v) is 3.42. The van der Waals surface area contributed by atoms with Crippen LogP contribution in [0.4, 0.5) is 5.69 Å². The Hall–Kier alpha value is -1.74. The largest absolute Gasteiger partial charge is 0.439 e. The molecular weight excluding hydrogens is 248 g/mol. The number of benzene rings is 1. The first-order valence-electron chi connectivity index (χ1n) is 5.94. The molecule has 0 radical (unpaired) electrons. The maximum Gasteiger partial charge on any atom is 0.219 e. The molecule has 0 bridgehead atoms. The summed E-state index contributed by atoms with van der Waals surface area (Å²) >= 11 is 5.95. The highest BCUT2D eigenvalue weighted by Gasteiger charge is 2.13. The lowest BCUT2D eigenvalue weighted by Crippen LogP contribution is -1.93. The second-order valence-electron chi connectivity index (χ2n) is 4.39. The maximum atomic E-state index is 5.95. The van der Waals surface area contributed by atoms with Crippen LogP contribution in [0.25, 0.3) is 0 Å². The molecule has 0 atom stereocenters. The highest BCUT2D eigenvalue weighted by atomic mass is 35.5. The molecule has 0 aliphatic heterocycles. The first kappa shape index (κ1) is 11.4. The van der Waals surface area contributed by atoms with Gasteiger partial charge < -0.3 is 10.5 Å². The number of fused-ring (bicyclic) bond motifs is 1. The summed E-state index contributed by atoms with van der Waals surface area (Å²) in [5.41, 5.74) is 8.68. The van der Waals surface area contributed by atoms with Crippen molar-refractivity contribution in [3.63, 3.8) is 0 Å². The molecule has 2 aromatic rings. The number of halogens is 1. The van der Waals surface area contributed by atoms with Gasteiger partial charge in [0.1, 0.15) is 5.75 Å². The zero-order valence-electron chi connectivity index (χ0n) is 9.82. The molecule has 1 aliphatic rings. The van der Waals surface area contributed by atoms with Crippen molar-refractivity contribution < 1.29 is 4.74 Å². The normalized spacial score (nSPS) is 13.4. The standard InChI is InChI=1S/C14H13ClN2O/c15-11-8-10(5-6-12(11)16)18-14-7-4-9-2-1-3-13(9)17-14/h4-8H,1-3,16H2. The van der Waals surface area contributed by atoms with Gasteiger partial charge in [0.25, 0.3) is 0 Å². The van der Waals surface area contributed by atoms with Gasteiger partial charge in [-0.2, -0.15) is 0 Å². The van der Waals surface area contributed by atoms with Crippen molar-refractivity contribution in [2.24, 2.45) is 0 Å². The summed E-state index contributed by atoms with van der Waals surface area (Å²) in [6.07, 6.45) is 3.34. The Morgan fingerprint density at radius 2 is 2.06 bits per heavy atom. The third-order valence-electron chi connectivity index (χ3n) is 3.10. The zero-order valence-corrected chi connectivity index (χ0v) is 10.6. The molecule has 0 fully saturated rings. The summed E-state index contributed by atoms with van der Waals surface area (Å²) in [5, 5.41) is 0.494. The highest BCUT2D eigenvalue weighted by molar-refractivity contribution is 6.33. The van der Waals surface area contributed by atoms with Crippen molar-refractivity contribution in [3.05, 3.63) is 46.6 Å². The van der Waals surface area contributed by atoms with Crippen molar-refractivity contribution in [3.8, 4) is 11.6 Å². The van der Waals surface area contributed by atoms with Crippen LogP contribution in [0.2, 0.25) is 5.02 Å². The van der Waals surface area contributed by atoms with E-state index in [0.717, 1.165) is 18.5 Å². The number of hydrogen-bond donors (Lipinski definition) is 1. The number of aromatic nitrogens is 1. The van der Waals surface area contributed by atoms with E-state index >= 15 is 0 Å². The molecule has 1 aliphatic carbocycles. The van der Waals surface area contributed by atoms with E-state index in [0.29, 0.717) is 22.3 Å². The van der Waals surface area contributed by atoms with Crippen LogP contribution in [0.5, 0.6) is 11.6 Å². The molecule has 0 amide bonds. The minimum absolute atomic E-state index is 0.494. The van der Waals surface area contributed by atoms with Gasteiger partial charge in [-0.05, 0) is 37.0 Å². The number of anilines is 1. The van der Waals surface area contributed by atoms with E-state index in [-0.39, 0.29) is 0 Å². The number of nitrogen functional groups attached to an aromatic ring is 1. The number of nitrogens with two attached hydrogens (primary N) is 1. The van der Waals surface area contributed by atoms with Crippen LogP contribution in [-0.4, -0.2) is 4.98 Å². The number of pyridine rings is 1. The Labute approximate surface area is 111 Å². The van der Waals surface area contributed by atoms with Crippen molar-refractivity contribution >= 4 is 17.3 Å². The van der Waals surface area contributed by atoms with Crippen LogP contribution in [0.1, 0.15) is 17.7 Å². The van der Waals surface area contributed by atoms with Gasteiger partial charge in [0.05, 0.1) is 10.7 Å². The van der Waals surface area contributed by atoms with Gasteiger partial charge >= 0.3 is 0 Å². The van der Waals surface area contributed by atoms with Gasteiger partial charge in [-0.25, -0.2) is 4.98 Å². The molecule has 2 N–H and O–H groups in total. The Balaban J connectivity index is 1.85. The fraction of sp³-hybridized carbons (Fsp3) is 0.214. The van der Waals surface area contributed by atoms with Crippen molar-refractivity contribution in [1.82, 2.24) is 4.98 Å². The Kier molecular flexibility index (Phi) is 2.84. The first-order chi connectivity index (χ1) is 8.72. The smallest absolute Gasteiger partial charge is 0.219 e. The topological polar surface area (TPSA) is 48.1 Å². The molecule has 0 unspecified atom stereocenters. The molecular formula is C14H13ClN2O. The van der Waals surface area contributed by atoms with Gasteiger partial charge in [-0.1, -0.05) is 17.7 Å². The summed E-state index contributed by atoms with van der Waals surface area (Å²) in [5.74, 6) is 1.26. The van der Waals surface area contributed by atoms with E-state index in [1.54, 1.807) is 18.2 Å². The molecule has 1 aromatic carbocycles. The molecule has 0 saturated carbocycles. The number of hydrogen-bond acceptors (Lipinski definition) is 3. The maximum absolute atomic E-state index is 5.95. The molecule has 4 heteroatoms. The minimum Gasteiger partial charge on any atom is -0.439 e. The van der Waals surface area contributed by atoms with Crippen molar-refractivity contribution in [2.75, 3.05) is 5.73 Å². The zero-order chi connectivity index (χ0) is 12.5. The lowest BCUT2D eigenvalue weighted by atomic mass is 10.2. The van der Waals surface area contributed by atoms with Crippen LogP contribution in [0.3, 0.4) is 0 Å². The van der Waals surface area contributed by atoms with Crippen LogP contribution in [-0.2, 0) is 12.8 Å². The van der Waals surface area contributed by atoms with Gasteiger partial charge in [0, 0.05) is 17.8 Å². The molecule has 0 saturated heterocycles. The average Bonchev–Trinajstić information content (AvgIpc) is 2.81. The number of nitrogens with zero attached hydrogens (tertiary/aromatic N) is 1. The van der Waals surface area contributed by atoms with Gasteiger partial charge in [-0.15, -0.1) is 0 Å². The molecule has 3 rings (SSSR count). The highest BCUT2D eigenvalue weighted by Crippen LogP contribution is 2.29. The monoisotopic (exact) mass is 260 g/mol. The molecule has 0 spiro atoms. The second-order valence-corrected chi connectivity index (χ2v) is 4.80. The Morgan fingerprint density at radius 1 is 1.17 bits per heavy atom.